The maximum absolute atomic E-state index is 12.0. The third kappa shape index (κ3) is 3.37. The fourth-order valence-electron chi connectivity index (χ4n) is 1.78. The largest absolute Gasteiger partial charge is 0.415 e. The van der Waals surface area contributed by atoms with Gasteiger partial charge in [0.25, 0.3) is 5.69 Å². The number of pyridine rings is 1. The molecule has 1 aromatic carbocycles. The fourth-order valence-corrected chi connectivity index (χ4v) is 1.78. The molecule has 1 aromatic heterocycles. The van der Waals surface area contributed by atoms with Gasteiger partial charge in [-0.1, -0.05) is 0 Å². The molecule has 0 saturated carbocycles. The van der Waals surface area contributed by atoms with Crippen molar-refractivity contribution in [3.8, 4) is 5.75 Å². The van der Waals surface area contributed by atoms with Gasteiger partial charge in [-0.05, 0) is 19.1 Å². The van der Waals surface area contributed by atoms with Crippen LogP contribution in [0.4, 0.5) is 11.4 Å². The Hall–Kier alpha value is -3.56. The van der Waals surface area contributed by atoms with Crippen LogP contribution in [0.2, 0.25) is 0 Å². The summed E-state index contributed by atoms with van der Waals surface area (Å²) >= 11 is 0. The number of carbonyl (C=O) groups excluding carboxylic acids is 1. The zero-order chi connectivity index (χ0) is 17.1. The summed E-state index contributed by atoms with van der Waals surface area (Å²) in [6, 6.07) is 5.61. The normalized spacial score (nSPS) is 10.1. The highest BCUT2D eigenvalue weighted by atomic mass is 16.6. The van der Waals surface area contributed by atoms with Crippen LogP contribution in [0, 0.1) is 27.2 Å². The number of aryl methyl sites for hydroxylation is 1. The molecule has 0 spiro atoms. The van der Waals surface area contributed by atoms with E-state index >= 15 is 0 Å². The molecular weight excluding hydrogens is 310 g/mol. The van der Waals surface area contributed by atoms with Gasteiger partial charge in [0.2, 0.25) is 5.75 Å². The van der Waals surface area contributed by atoms with Gasteiger partial charge in [-0.15, -0.1) is 0 Å². The van der Waals surface area contributed by atoms with E-state index in [4.69, 9.17) is 4.74 Å². The fraction of sp³-hybridized carbons (Fsp3) is 0.0769. The standard InChI is InChI=1S/C13H9N3O7/c1-7-6-10(11(16(21)22)12(17)14-7)23-13(18)8-2-4-9(5-3-8)15(19)20/h2-6H,1H3,(H,14,17). The minimum Gasteiger partial charge on any atom is -0.415 e. The number of nitro groups is 2. The van der Waals surface area contributed by atoms with Crippen LogP contribution >= 0.6 is 0 Å². The van der Waals surface area contributed by atoms with E-state index in [2.05, 4.69) is 4.98 Å². The Morgan fingerprint density at radius 3 is 2.26 bits per heavy atom. The Kier molecular flexibility index (Phi) is 4.16. The Morgan fingerprint density at radius 2 is 1.74 bits per heavy atom. The Labute approximate surface area is 127 Å². The van der Waals surface area contributed by atoms with Crippen molar-refractivity contribution in [3.05, 3.63) is 72.2 Å². The zero-order valence-electron chi connectivity index (χ0n) is 11.6. The molecular formula is C13H9N3O7. The molecule has 23 heavy (non-hydrogen) atoms. The minimum atomic E-state index is -0.999. The third-order valence-corrected chi connectivity index (χ3v) is 2.81. The van der Waals surface area contributed by atoms with Crippen molar-refractivity contribution in [1.82, 2.24) is 4.98 Å². The summed E-state index contributed by atoms with van der Waals surface area (Å²) in [7, 11) is 0. The molecule has 0 aliphatic rings. The average molecular weight is 319 g/mol. The molecule has 0 atom stereocenters. The molecule has 0 aliphatic heterocycles. The van der Waals surface area contributed by atoms with E-state index in [9.17, 15) is 29.8 Å². The molecule has 0 unspecified atom stereocenters. The smallest absolute Gasteiger partial charge is 0.376 e. The van der Waals surface area contributed by atoms with E-state index in [0.29, 0.717) is 0 Å². The molecule has 118 valence electrons. The number of nitrogens with zero attached hydrogens (tertiary/aromatic N) is 2. The van der Waals surface area contributed by atoms with E-state index in [1.807, 2.05) is 0 Å². The van der Waals surface area contributed by atoms with E-state index in [-0.39, 0.29) is 16.9 Å². The van der Waals surface area contributed by atoms with Gasteiger partial charge in [0.1, 0.15) is 0 Å². The maximum Gasteiger partial charge on any atom is 0.376 e. The number of H-pyrrole nitrogens is 1. The first-order valence-electron chi connectivity index (χ1n) is 6.14. The van der Waals surface area contributed by atoms with Crippen molar-refractivity contribution in [3.63, 3.8) is 0 Å². The molecule has 0 bridgehead atoms. The Bertz CT molecular complexity index is 855. The second-order valence-corrected chi connectivity index (χ2v) is 4.44. The van der Waals surface area contributed by atoms with Crippen LogP contribution in [0.3, 0.4) is 0 Å². The number of carbonyl (C=O) groups is 1. The molecule has 10 nitrogen and oxygen atoms in total. The predicted octanol–water partition coefficient (Wildman–Crippen LogP) is 1.72. The van der Waals surface area contributed by atoms with Crippen LogP contribution in [0.15, 0.2) is 35.1 Å². The molecule has 2 aromatic rings. The number of hydrogen-bond acceptors (Lipinski definition) is 7. The summed E-state index contributed by atoms with van der Waals surface area (Å²) < 4.78 is 4.88. The number of nitrogens with one attached hydrogen (secondary N) is 1. The van der Waals surface area contributed by atoms with Gasteiger partial charge in [-0.25, -0.2) is 4.79 Å². The maximum atomic E-state index is 12.0. The lowest BCUT2D eigenvalue weighted by Gasteiger charge is -2.05. The Balaban J connectivity index is 2.35. The van der Waals surface area contributed by atoms with Crippen molar-refractivity contribution >= 4 is 17.3 Å². The summed E-state index contributed by atoms with van der Waals surface area (Å²) in [6.07, 6.45) is 0. The number of esters is 1. The highest BCUT2D eigenvalue weighted by molar-refractivity contribution is 5.91. The van der Waals surface area contributed by atoms with Crippen LogP contribution in [-0.4, -0.2) is 20.8 Å². The van der Waals surface area contributed by atoms with Gasteiger partial charge in [-0.3, -0.25) is 25.0 Å². The van der Waals surface area contributed by atoms with Gasteiger partial charge >= 0.3 is 17.2 Å². The van der Waals surface area contributed by atoms with E-state index < -0.39 is 32.8 Å². The first kappa shape index (κ1) is 15.8. The lowest BCUT2D eigenvalue weighted by atomic mass is 10.2. The van der Waals surface area contributed by atoms with Gasteiger partial charge in [0.15, 0.2) is 0 Å². The minimum absolute atomic E-state index is 0.0529. The van der Waals surface area contributed by atoms with Gasteiger partial charge in [0, 0.05) is 23.9 Å². The van der Waals surface area contributed by atoms with E-state index in [0.717, 1.165) is 30.3 Å². The molecule has 1 heterocycles. The number of benzene rings is 1. The predicted molar refractivity (Wildman–Crippen MR) is 76.5 cm³/mol. The lowest BCUT2D eigenvalue weighted by molar-refractivity contribution is -0.387. The molecule has 0 radical (unpaired) electrons. The quantitative estimate of drug-likeness (QED) is 0.512. The van der Waals surface area contributed by atoms with Gasteiger partial charge < -0.3 is 9.72 Å². The number of aromatic amines is 1. The molecule has 0 saturated heterocycles. The monoisotopic (exact) mass is 319 g/mol. The number of ether oxygens (including phenoxy) is 1. The number of hydrogen-bond donors (Lipinski definition) is 1. The topological polar surface area (TPSA) is 145 Å². The summed E-state index contributed by atoms with van der Waals surface area (Å²) in [4.78, 5) is 45.6. The molecule has 0 amide bonds. The van der Waals surface area contributed by atoms with Crippen molar-refractivity contribution in [2.75, 3.05) is 0 Å². The highest BCUT2D eigenvalue weighted by Crippen LogP contribution is 2.24. The van der Waals surface area contributed by atoms with Gasteiger partial charge in [0.05, 0.1) is 15.4 Å². The summed E-state index contributed by atoms with van der Waals surface area (Å²) in [6.45, 7) is 1.47. The second kappa shape index (κ2) is 6.05. The average Bonchev–Trinajstić information content (AvgIpc) is 2.46. The van der Waals surface area contributed by atoms with Crippen LogP contribution in [-0.2, 0) is 0 Å². The molecule has 2 rings (SSSR count). The van der Waals surface area contributed by atoms with Crippen molar-refractivity contribution in [1.29, 1.82) is 0 Å². The number of nitro benzene ring substituents is 1. The van der Waals surface area contributed by atoms with Crippen molar-refractivity contribution in [2.24, 2.45) is 0 Å². The van der Waals surface area contributed by atoms with E-state index in [1.165, 1.54) is 6.92 Å². The number of aromatic nitrogens is 1. The van der Waals surface area contributed by atoms with E-state index in [1.54, 1.807) is 0 Å². The lowest BCUT2D eigenvalue weighted by Crippen LogP contribution is -2.17. The SMILES string of the molecule is Cc1cc(OC(=O)c2ccc([N+](=O)[O-])cc2)c([N+](=O)[O-])c(=O)[nH]1. The molecule has 0 aliphatic carbocycles. The van der Waals surface area contributed by atoms with Crippen LogP contribution in [0.25, 0.3) is 0 Å². The second-order valence-electron chi connectivity index (χ2n) is 4.44. The highest BCUT2D eigenvalue weighted by Gasteiger charge is 2.24. The summed E-state index contributed by atoms with van der Waals surface area (Å²) in [5.41, 5.74) is -1.90. The first-order chi connectivity index (χ1) is 10.8. The van der Waals surface area contributed by atoms with Crippen LogP contribution in [0.5, 0.6) is 5.75 Å². The Morgan fingerprint density at radius 1 is 1.13 bits per heavy atom. The molecule has 0 fully saturated rings. The molecule has 1 N–H and O–H groups in total. The number of rotatable bonds is 4. The summed E-state index contributed by atoms with van der Waals surface area (Å²) in [5, 5.41) is 21.5. The number of non-ortho nitro benzene ring substituents is 1. The first-order valence-corrected chi connectivity index (χ1v) is 6.14. The van der Waals surface area contributed by atoms with Crippen LogP contribution in [0.1, 0.15) is 16.1 Å². The third-order valence-electron chi connectivity index (χ3n) is 2.81. The van der Waals surface area contributed by atoms with Crippen molar-refractivity contribution < 1.29 is 19.4 Å². The summed E-state index contributed by atoms with van der Waals surface area (Å²) in [5.74, 6) is -1.48. The molecule has 10 heteroatoms. The zero-order valence-corrected chi connectivity index (χ0v) is 11.6. The van der Waals surface area contributed by atoms with Crippen LogP contribution < -0.4 is 10.3 Å². The van der Waals surface area contributed by atoms with Gasteiger partial charge in [-0.2, -0.15) is 0 Å². The van der Waals surface area contributed by atoms with Crippen molar-refractivity contribution in [2.45, 2.75) is 6.92 Å².